The van der Waals surface area contributed by atoms with Crippen LogP contribution in [0.2, 0.25) is 0 Å². The molecule has 0 aromatic carbocycles. The van der Waals surface area contributed by atoms with Gasteiger partial charge in [-0.2, -0.15) is 13.2 Å². The Morgan fingerprint density at radius 3 is 1.88 bits per heavy atom. The maximum Gasteiger partial charge on any atom is 0.434 e. The van der Waals surface area contributed by atoms with Gasteiger partial charge in [0.25, 0.3) is 6.43 Å². The zero-order chi connectivity index (χ0) is 19.5. The van der Waals surface area contributed by atoms with Crippen LogP contribution in [0.4, 0.5) is 22.0 Å². The summed E-state index contributed by atoms with van der Waals surface area (Å²) in [4.78, 5) is 26.6. The molecule has 0 aliphatic heterocycles. The summed E-state index contributed by atoms with van der Waals surface area (Å²) in [6.45, 7) is 2.88. The molecule has 0 N–H and O–H groups in total. The summed E-state index contributed by atoms with van der Waals surface area (Å²) in [5.41, 5.74) is -5.70. The van der Waals surface area contributed by atoms with Crippen LogP contribution in [0.15, 0.2) is 5.57 Å². The number of esters is 2. The lowest BCUT2D eigenvalue weighted by molar-refractivity contribution is -0.142. The normalized spacial score (nSPS) is 11.3. The van der Waals surface area contributed by atoms with Gasteiger partial charge in [0.1, 0.15) is 5.69 Å². The molecule has 0 atom stereocenters. The van der Waals surface area contributed by atoms with Crippen LogP contribution in [0, 0.1) is 0 Å². The Morgan fingerprint density at radius 1 is 1.04 bits per heavy atom. The van der Waals surface area contributed by atoms with Crippen molar-refractivity contribution in [2.24, 2.45) is 0 Å². The van der Waals surface area contributed by atoms with Crippen LogP contribution in [-0.4, -0.2) is 31.1 Å². The van der Waals surface area contributed by atoms with Gasteiger partial charge in [-0.05, 0) is 13.8 Å². The Kier molecular flexibility index (Phi) is 6.22. The van der Waals surface area contributed by atoms with E-state index in [1.807, 2.05) is 0 Å². The van der Waals surface area contributed by atoms with Crippen LogP contribution < -0.4 is 0 Å². The SMILES string of the molecule is COC(=O)c1c(C(F)F)nc(C(F)(F)F)c(C(=O)OC)c1C=C(C)C. The van der Waals surface area contributed by atoms with E-state index in [-0.39, 0.29) is 0 Å². The number of aromatic nitrogens is 1. The molecule has 25 heavy (non-hydrogen) atoms. The van der Waals surface area contributed by atoms with E-state index < -0.39 is 52.6 Å². The lowest BCUT2D eigenvalue weighted by Gasteiger charge is -2.18. The number of allylic oxidation sites excluding steroid dienone is 1. The zero-order valence-corrected chi connectivity index (χ0v) is 13.6. The minimum atomic E-state index is -5.23. The third-order valence-corrected chi connectivity index (χ3v) is 2.95. The molecule has 0 bridgehead atoms. The van der Waals surface area contributed by atoms with Crippen LogP contribution in [-0.2, 0) is 15.7 Å². The molecule has 1 heterocycles. The lowest BCUT2D eigenvalue weighted by Crippen LogP contribution is -2.23. The van der Waals surface area contributed by atoms with Gasteiger partial charge in [-0.1, -0.05) is 11.6 Å². The van der Waals surface area contributed by atoms with E-state index in [0.717, 1.165) is 20.3 Å². The Morgan fingerprint density at radius 2 is 1.52 bits per heavy atom. The predicted molar refractivity (Wildman–Crippen MR) is 76.2 cm³/mol. The lowest BCUT2D eigenvalue weighted by atomic mass is 9.95. The van der Waals surface area contributed by atoms with Gasteiger partial charge in [0.2, 0.25) is 0 Å². The Labute approximate surface area is 139 Å². The van der Waals surface area contributed by atoms with E-state index in [4.69, 9.17) is 0 Å². The number of pyridine rings is 1. The second kappa shape index (κ2) is 7.58. The minimum Gasteiger partial charge on any atom is -0.465 e. The van der Waals surface area contributed by atoms with Crippen molar-refractivity contribution in [3.8, 4) is 0 Å². The molecule has 1 aromatic rings. The van der Waals surface area contributed by atoms with Crippen molar-refractivity contribution in [1.82, 2.24) is 4.98 Å². The van der Waals surface area contributed by atoms with Crippen molar-refractivity contribution in [2.75, 3.05) is 14.2 Å². The van der Waals surface area contributed by atoms with Crippen LogP contribution in [0.25, 0.3) is 6.08 Å². The molecular formula is C15H14F5NO4. The third-order valence-electron chi connectivity index (χ3n) is 2.95. The molecule has 10 heteroatoms. The van der Waals surface area contributed by atoms with E-state index in [2.05, 4.69) is 14.5 Å². The highest BCUT2D eigenvalue weighted by atomic mass is 19.4. The second-order valence-electron chi connectivity index (χ2n) is 5.01. The molecule has 0 unspecified atom stereocenters. The number of carbonyl (C=O) groups excluding carboxylic acids is 2. The number of halogens is 5. The first-order chi connectivity index (χ1) is 11.4. The highest BCUT2D eigenvalue weighted by molar-refractivity contribution is 6.03. The fraction of sp³-hybridized carbons (Fsp3) is 0.400. The number of rotatable bonds is 4. The summed E-state index contributed by atoms with van der Waals surface area (Å²) in [7, 11) is 1.67. The fourth-order valence-corrected chi connectivity index (χ4v) is 2.04. The number of carbonyl (C=O) groups is 2. The van der Waals surface area contributed by atoms with Gasteiger partial charge in [0, 0.05) is 5.56 Å². The maximum atomic E-state index is 13.3. The molecule has 0 radical (unpaired) electrons. The highest BCUT2D eigenvalue weighted by Gasteiger charge is 2.42. The number of hydrogen-bond donors (Lipinski definition) is 0. The standard InChI is InChI=1S/C15H14F5NO4/c1-6(2)5-7-8(13(22)24-3)10(12(16)17)21-11(15(18,19)20)9(7)14(23)25-4/h5,12H,1-4H3. The van der Waals surface area contributed by atoms with Gasteiger partial charge >= 0.3 is 18.1 Å². The molecule has 0 saturated carbocycles. The molecule has 0 aliphatic rings. The monoisotopic (exact) mass is 367 g/mol. The molecule has 0 spiro atoms. The highest BCUT2D eigenvalue weighted by Crippen LogP contribution is 2.38. The number of nitrogens with zero attached hydrogens (tertiary/aromatic N) is 1. The van der Waals surface area contributed by atoms with Crippen molar-refractivity contribution in [3.63, 3.8) is 0 Å². The maximum absolute atomic E-state index is 13.3. The number of alkyl halides is 5. The molecule has 0 fully saturated rings. The van der Waals surface area contributed by atoms with Gasteiger partial charge in [0.15, 0.2) is 5.69 Å². The van der Waals surface area contributed by atoms with Crippen molar-refractivity contribution in [2.45, 2.75) is 26.4 Å². The van der Waals surface area contributed by atoms with E-state index in [9.17, 15) is 31.5 Å². The smallest absolute Gasteiger partial charge is 0.434 e. The first kappa shape index (κ1) is 20.5. The summed E-state index contributed by atoms with van der Waals surface area (Å²) < 4.78 is 75.0. The summed E-state index contributed by atoms with van der Waals surface area (Å²) in [6.07, 6.45) is -7.75. The van der Waals surface area contributed by atoms with Gasteiger partial charge < -0.3 is 9.47 Å². The van der Waals surface area contributed by atoms with Gasteiger partial charge in [-0.15, -0.1) is 0 Å². The van der Waals surface area contributed by atoms with Crippen LogP contribution >= 0.6 is 0 Å². The largest absolute Gasteiger partial charge is 0.465 e. The molecule has 0 saturated heterocycles. The van der Waals surface area contributed by atoms with Crippen LogP contribution in [0.1, 0.15) is 57.9 Å². The quantitative estimate of drug-likeness (QED) is 0.594. The van der Waals surface area contributed by atoms with Crippen molar-refractivity contribution < 1.29 is 41.0 Å². The topological polar surface area (TPSA) is 65.5 Å². The summed E-state index contributed by atoms with van der Waals surface area (Å²) in [5.74, 6) is -2.83. The molecule has 138 valence electrons. The molecule has 5 nitrogen and oxygen atoms in total. The first-order valence-electron chi connectivity index (χ1n) is 6.70. The van der Waals surface area contributed by atoms with Crippen molar-refractivity contribution in [1.29, 1.82) is 0 Å². The van der Waals surface area contributed by atoms with Crippen LogP contribution in [0.3, 0.4) is 0 Å². The van der Waals surface area contributed by atoms with E-state index in [1.54, 1.807) is 0 Å². The van der Waals surface area contributed by atoms with E-state index in [1.165, 1.54) is 13.8 Å². The summed E-state index contributed by atoms with van der Waals surface area (Å²) in [5, 5.41) is 0. The average molecular weight is 367 g/mol. The Bertz CT molecular complexity index is 722. The third kappa shape index (κ3) is 4.31. The number of ether oxygens (including phenoxy) is 2. The molecule has 0 aliphatic carbocycles. The van der Waals surface area contributed by atoms with Crippen molar-refractivity contribution >= 4 is 18.0 Å². The first-order valence-corrected chi connectivity index (χ1v) is 6.70. The van der Waals surface area contributed by atoms with E-state index in [0.29, 0.717) is 5.57 Å². The Balaban J connectivity index is 4.17. The van der Waals surface area contributed by atoms with Crippen LogP contribution in [0.5, 0.6) is 0 Å². The molecule has 1 rings (SSSR count). The molecule has 0 amide bonds. The second-order valence-corrected chi connectivity index (χ2v) is 5.01. The average Bonchev–Trinajstić information content (AvgIpc) is 2.50. The van der Waals surface area contributed by atoms with Crippen molar-refractivity contribution in [3.05, 3.63) is 33.7 Å². The Hall–Kier alpha value is -2.52. The fourth-order valence-electron chi connectivity index (χ4n) is 2.04. The minimum absolute atomic E-state index is 0.342. The summed E-state index contributed by atoms with van der Waals surface area (Å²) in [6, 6.07) is 0. The number of methoxy groups -OCH3 is 2. The number of hydrogen-bond acceptors (Lipinski definition) is 5. The molecule has 1 aromatic heterocycles. The van der Waals surface area contributed by atoms with Gasteiger partial charge in [-0.3, -0.25) is 0 Å². The predicted octanol–water partition coefficient (Wildman–Crippen LogP) is 4.03. The molecular weight excluding hydrogens is 353 g/mol. The van der Waals surface area contributed by atoms with Gasteiger partial charge in [0.05, 0.1) is 25.3 Å². The zero-order valence-electron chi connectivity index (χ0n) is 13.6. The van der Waals surface area contributed by atoms with E-state index >= 15 is 0 Å². The summed E-state index contributed by atoms with van der Waals surface area (Å²) >= 11 is 0. The van der Waals surface area contributed by atoms with Gasteiger partial charge in [-0.25, -0.2) is 23.4 Å².